The molecule has 1 aromatic heterocycles. The van der Waals surface area contributed by atoms with E-state index in [0.717, 1.165) is 16.6 Å². The van der Waals surface area contributed by atoms with E-state index in [1.165, 1.54) is 18.2 Å². The van der Waals surface area contributed by atoms with E-state index in [1.54, 1.807) is 6.07 Å². The fourth-order valence-corrected chi connectivity index (χ4v) is 2.50. The Hall–Kier alpha value is -1.97. The lowest BCUT2D eigenvalue weighted by Crippen LogP contribution is -2.02. The summed E-state index contributed by atoms with van der Waals surface area (Å²) in [6.45, 7) is 1.92. The molecule has 1 heterocycles. The van der Waals surface area contributed by atoms with E-state index < -0.39 is 11.9 Å². The summed E-state index contributed by atoms with van der Waals surface area (Å²) < 4.78 is 13.8. The zero-order valence-electron chi connectivity index (χ0n) is 11.3. The predicted molar refractivity (Wildman–Crippen MR) is 82.0 cm³/mol. The molecule has 0 bridgehead atoms. The molecule has 3 rings (SSSR count). The molecule has 2 aromatic carbocycles. The van der Waals surface area contributed by atoms with Gasteiger partial charge in [0.1, 0.15) is 11.9 Å². The van der Waals surface area contributed by atoms with Crippen molar-refractivity contribution >= 4 is 22.5 Å². The summed E-state index contributed by atoms with van der Waals surface area (Å²) in [5.74, 6) is -0.478. The van der Waals surface area contributed by atoms with Crippen molar-refractivity contribution in [1.29, 1.82) is 0 Å². The van der Waals surface area contributed by atoms with Gasteiger partial charge in [-0.15, -0.1) is 0 Å². The zero-order valence-corrected chi connectivity index (χ0v) is 12.1. The second kappa shape index (κ2) is 5.43. The summed E-state index contributed by atoms with van der Waals surface area (Å²) in [4.78, 5) is 4.40. The molecular weight excluding hydrogens is 289 g/mol. The van der Waals surface area contributed by atoms with E-state index in [2.05, 4.69) is 4.98 Å². The third-order valence-corrected chi connectivity index (χ3v) is 3.66. The highest BCUT2D eigenvalue weighted by Crippen LogP contribution is 2.28. The van der Waals surface area contributed by atoms with Crippen LogP contribution in [0.2, 0.25) is 5.02 Å². The summed E-state index contributed by atoms with van der Waals surface area (Å²) in [6, 6.07) is 13.4. The van der Waals surface area contributed by atoms with Crippen molar-refractivity contribution in [1.82, 2.24) is 4.98 Å². The van der Waals surface area contributed by atoms with Crippen molar-refractivity contribution in [3.8, 4) is 0 Å². The van der Waals surface area contributed by atoms with E-state index >= 15 is 0 Å². The minimum absolute atomic E-state index is 0.168. The van der Waals surface area contributed by atoms with E-state index in [4.69, 9.17) is 11.6 Å². The molecule has 0 spiro atoms. The Labute approximate surface area is 126 Å². The number of fused-ring (bicyclic) bond motifs is 1. The Morgan fingerprint density at radius 1 is 1.10 bits per heavy atom. The van der Waals surface area contributed by atoms with Crippen LogP contribution in [-0.4, -0.2) is 10.1 Å². The molecule has 4 heteroatoms. The van der Waals surface area contributed by atoms with Gasteiger partial charge >= 0.3 is 0 Å². The van der Waals surface area contributed by atoms with Crippen molar-refractivity contribution in [2.24, 2.45) is 0 Å². The first-order valence-electron chi connectivity index (χ1n) is 6.55. The van der Waals surface area contributed by atoms with Crippen LogP contribution in [0.3, 0.4) is 0 Å². The van der Waals surface area contributed by atoms with Crippen molar-refractivity contribution < 1.29 is 9.50 Å². The molecule has 1 unspecified atom stereocenters. The number of nitrogens with zero attached hydrogens (tertiary/aromatic N) is 1. The molecule has 2 nitrogen and oxygen atoms in total. The Morgan fingerprint density at radius 3 is 2.71 bits per heavy atom. The van der Waals surface area contributed by atoms with Crippen molar-refractivity contribution in [2.45, 2.75) is 13.0 Å². The average Bonchev–Trinajstić information content (AvgIpc) is 2.48. The van der Waals surface area contributed by atoms with Gasteiger partial charge in [0.15, 0.2) is 0 Å². The number of aliphatic hydroxyl groups excluding tert-OH is 1. The molecule has 1 N–H and O–H groups in total. The molecular formula is C17H13ClFNO. The van der Waals surface area contributed by atoms with Crippen molar-refractivity contribution in [3.05, 3.63) is 76.2 Å². The quantitative estimate of drug-likeness (QED) is 0.760. The molecule has 0 aliphatic rings. The predicted octanol–water partition coefficient (Wildman–Crippen LogP) is 4.42. The summed E-state index contributed by atoms with van der Waals surface area (Å²) in [6.07, 6.45) is -1.06. The molecule has 0 aliphatic carbocycles. The van der Waals surface area contributed by atoms with Gasteiger partial charge in [0.05, 0.1) is 5.52 Å². The Balaban J connectivity index is 2.07. The Bertz CT molecular complexity index is 819. The maximum absolute atomic E-state index is 13.8. The number of hydrogen-bond donors (Lipinski definition) is 1. The van der Waals surface area contributed by atoms with Crippen LogP contribution >= 0.6 is 11.6 Å². The first-order valence-corrected chi connectivity index (χ1v) is 6.93. The van der Waals surface area contributed by atoms with E-state index in [1.807, 2.05) is 31.2 Å². The molecule has 0 fully saturated rings. The highest BCUT2D eigenvalue weighted by atomic mass is 35.5. The second-order valence-electron chi connectivity index (χ2n) is 4.97. The molecule has 0 aliphatic heterocycles. The second-order valence-corrected chi connectivity index (χ2v) is 5.41. The SMILES string of the molecule is Cc1ccc2cc(C(O)c3cc(Cl)ccc3F)ccc2n1. The fourth-order valence-electron chi connectivity index (χ4n) is 2.32. The summed E-state index contributed by atoms with van der Waals surface area (Å²) in [5.41, 5.74) is 2.55. The van der Waals surface area contributed by atoms with Gasteiger partial charge in [-0.25, -0.2) is 4.39 Å². The van der Waals surface area contributed by atoms with Crippen LogP contribution in [0.15, 0.2) is 48.5 Å². The number of benzene rings is 2. The van der Waals surface area contributed by atoms with E-state index in [9.17, 15) is 9.50 Å². The monoisotopic (exact) mass is 301 g/mol. The number of aromatic nitrogens is 1. The topological polar surface area (TPSA) is 33.1 Å². The maximum atomic E-state index is 13.8. The number of halogens is 2. The van der Waals surface area contributed by atoms with Crippen LogP contribution in [0.4, 0.5) is 4.39 Å². The largest absolute Gasteiger partial charge is 0.384 e. The van der Waals surface area contributed by atoms with Crippen LogP contribution in [-0.2, 0) is 0 Å². The summed E-state index contributed by atoms with van der Waals surface area (Å²) in [7, 11) is 0. The van der Waals surface area contributed by atoms with Crippen LogP contribution in [0.1, 0.15) is 22.9 Å². The number of rotatable bonds is 2. The average molecular weight is 302 g/mol. The first kappa shape index (κ1) is 14.0. The summed E-state index contributed by atoms with van der Waals surface area (Å²) >= 11 is 5.87. The molecule has 0 amide bonds. The fraction of sp³-hybridized carbons (Fsp3) is 0.118. The van der Waals surface area contributed by atoms with Gasteiger partial charge in [0.25, 0.3) is 0 Å². The lowest BCUT2D eigenvalue weighted by molar-refractivity contribution is 0.215. The number of aliphatic hydroxyl groups is 1. The van der Waals surface area contributed by atoms with Crippen LogP contribution in [0, 0.1) is 12.7 Å². The molecule has 3 aromatic rings. The lowest BCUT2D eigenvalue weighted by atomic mass is 9.99. The highest BCUT2D eigenvalue weighted by Gasteiger charge is 2.16. The molecule has 21 heavy (non-hydrogen) atoms. The molecule has 0 saturated heterocycles. The van der Waals surface area contributed by atoms with Crippen LogP contribution < -0.4 is 0 Å². The van der Waals surface area contributed by atoms with Crippen LogP contribution in [0.25, 0.3) is 10.9 Å². The van der Waals surface area contributed by atoms with Gasteiger partial charge in [0, 0.05) is 21.7 Å². The standard InChI is InChI=1S/C17H13ClFNO/c1-10-2-3-11-8-12(4-7-16(11)20-10)17(21)14-9-13(18)5-6-15(14)19/h2-9,17,21H,1H3. The van der Waals surface area contributed by atoms with Crippen molar-refractivity contribution in [3.63, 3.8) is 0 Å². The minimum atomic E-state index is -1.06. The summed E-state index contributed by atoms with van der Waals surface area (Å²) in [5, 5.41) is 11.7. The third kappa shape index (κ3) is 2.75. The molecule has 1 atom stereocenters. The maximum Gasteiger partial charge on any atom is 0.129 e. The Kier molecular flexibility index (Phi) is 3.62. The van der Waals surface area contributed by atoms with Gasteiger partial charge in [-0.2, -0.15) is 0 Å². The number of hydrogen-bond acceptors (Lipinski definition) is 2. The van der Waals surface area contributed by atoms with Crippen molar-refractivity contribution in [2.75, 3.05) is 0 Å². The van der Waals surface area contributed by atoms with Gasteiger partial charge in [-0.05, 0) is 48.9 Å². The first-order chi connectivity index (χ1) is 10.0. The van der Waals surface area contributed by atoms with E-state index in [0.29, 0.717) is 10.6 Å². The molecule has 0 saturated carbocycles. The van der Waals surface area contributed by atoms with E-state index in [-0.39, 0.29) is 5.56 Å². The van der Waals surface area contributed by atoms with Gasteiger partial charge in [-0.1, -0.05) is 23.7 Å². The normalized spacial score (nSPS) is 12.6. The number of aryl methyl sites for hydroxylation is 1. The van der Waals surface area contributed by atoms with Gasteiger partial charge in [0.2, 0.25) is 0 Å². The lowest BCUT2D eigenvalue weighted by Gasteiger charge is -2.13. The minimum Gasteiger partial charge on any atom is -0.384 e. The highest BCUT2D eigenvalue weighted by molar-refractivity contribution is 6.30. The zero-order chi connectivity index (χ0) is 15.0. The third-order valence-electron chi connectivity index (χ3n) is 3.42. The number of pyridine rings is 1. The smallest absolute Gasteiger partial charge is 0.129 e. The van der Waals surface area contributed by atoms with Crippen LogP contribution in [0.5, 0.6) is 0 Å². The van der Waals surface area contributed by atoms with Gasteiger partial charge < -0.3 is 5.11 Å². The Morgan fingerprint density at radius 2 is 1.90 bits per heavy atom. The van der Waals surface area contributed by atoms with Gasteiger partial charge in [-0.3, -0.25) is 4.98 Å². The molecule has 106 valence electrons. The molecule has 0 radical (unpaired) electrons.